The molecule has 0 radical (unpaired) electrons. The van der Waals surface area contributed by atoms with Gasteiger partial charge in [0.1, 0.15) is 0 Å². The number of carbonyl (C=O) groups excluding carboxylic acids is 1. The van der Waals surface area contributed by atoms with Crippen LogP contribution >= 0.6 is 11.8 Å². The Morgan fingerprint density at radius 3 is 2.62 bits per heavy atom. The van der Waals surface area contributed by atoms with E-state index in [0.29, 0.717) is 13.2 Å². The number of anilines is 1. The summed E-state index contributed by atoms with van der Waals surface area (Å²) in [5, 5.41) is 9.19. The number of hydrogen-bond donors (Lipinski definition) is 0. The van der Waals surface area contributed by atoms with Crippen molar-refractivity contribution >= 4 is 23.6 Å². The molecule has 1 aromatic heterocycles. The van der Waals surface area contributed by atoms with Gasteiger partial charge in [0.05, 0.1) is 18.5 Å². The molecule has 0 aromatic carbocycles. The molecule has 0 aliphatic carbocycles. The summed E-state index contributed by atoms with van der Waals surface area (Å²) in [7, 11) is 3.53. The summed E-state index contributed by atoms with van der Waals surface area (Å²) in [5.74, 6) is 0.950. The normalized spacial score (nSPS) is 16.9. The second-order valence-corrected chi connectivity index (χ2v) is 6.43. The van der Waals surface area contributed by atoms with E-state index in [4.69, 9.17) is 4.74 Å². The van der Waals surface area contributed by atoms with E-state index in [-0.39, 0.29) is 11.2 Å². The maximum Gasteiger partial charge on any atom is 0.235 e. The molecular weight excluding hydrogens is 290 g/mol. The number of nitrogens with zero attached hydrogens (tertiary/aromatic N) is 5. The summed E-state index contributed by atoms with van der Waals surface area (Å²) >= 11 is 1.46. The zero-order valence-electron chi connectivity index (χ0n) is 13.1. The van der Waals surface area contributed by atoms with E-state index >= 15 is 0 Å². The standard InChI is InChI=1S/C13H23N5O2S/c1-5-18-12(17-6-8-20-9-7-17)14-15-13(18)21-10(2)11(19)16(3)4/h10H,5-9H2,1-4H3/t10-/m0/s1. The van der Waals surface area contributed by atoms with Crippen LogP contribution in [0, 0.1) is 0 Å². The second-order valence-electron chi connectivity index (χ2n) is 5.12. The van der Waals surface area contributed by atoms with Crippen molar-refractivity contribution < 1.29 is 9.53 Å². The summed E-state index contributed by atoms with van der Waals surface area (Å²) in [6.07, 6.45) is 0. The van der Waals surface area contributed by atoms with Crippen LogP contribution in [0.4, 0.5) is 5.95 Å². The topological polar surface area (TPSA) is 63.5 Å². The first-order valence-electron chi connectivity index (χ1n) is 7.18. The van der Waals surface area contributed by atoms with Crippen molar-refractivity contribution in [3.8, 4) is 0 Å². The number of carbonyl (C=O) groups is 1. The highest BCUT2D eigenvalue weighted by atomic mass is 32.2. The molecule has 2 heterocycles. The van der Waals surface area contributed by atoms with Crippen LogP contribution < -0.4 is 4.90 Å². The maximum atomic E-state index is 12.0. The van der Waals surface area contributed by atoms with Gasteiger partial charge in [0, 0.05) is 33.7 Å². The lowest BCUT2D eigenvalue weighted by Crippen LogP contribution is -2.38. The van der Waals surface area contributed by atoms with Crippen LogP contribution in [0.25, 0.3) is 0 Å². The molecule has 0 N–H and O–H groups in total. The highest BCUT2D eigenvalue weighted by molar-refractivity contribution is 8.00. The minimum Gasteiger partial charge on any atom is -0.378 e. The third-order valence-corrected chi connectivity index (χ3v) is 4.45. The van der Waals surface area contributed by atoms with Crippen LogP contribution in [-0.2, 0) is 16.1 Å². The largest absolute Gasteiger partial charge is 0.378 e. The van der Waals surface area contributed by atoms with Crippen molar-refractivity contribution in [1.29, 1.82) is 0 Å². The van der Waals surface area contributed by atoms with Gasteiger partial charge in [0.2, 0.25) is 11.9 Å². The number of ether oxygens (including phenoxy) is 1. The van der Waals surface area contributed by atoms with Crippen LogP contribution in [0.5, 0.6) is 0 Å². The van der Waals surface area contributed by atoms with E-state index in [0.717, 1.165) is 30.7 Å². The lowest BCUT2D eigenvalue weighted by Gasteiger charge is -2.27. The SMILES string of the molecule is CCn1c(S[C@@H](C)C(=O)N(C)C)nnc1N1CCOCC1. The quantitative estimate of drug-likeness (QED) is 0.746. The molecule has 1 aromatic rings. The Kier molecular flexibility index (Phi) is 5.46. The highest BCUT2D eigenvalue weighted by Crippen LogP contribution is 2.26. The Hall–Kier alpha value is -1.28. The van der Waals surface area contributed by atoms with Crippen LogP contribution in [0.15, 0.2) is 5.16 Å². The minimum atomic E-state index is -0.174. The molecular formula is C13H23N5O2S. The number of aromatic nitrogens is 3. The van der Waals surface area contributed by atoms with E-state index in [2.05, 4.69) is 26.6 Å². The van der Waals surface area contributed by atoms with Crippen LogP contribution in [0.3, 0.4) is 0 Å². The summed E-state index contributed by atoms with van der Waals surface area (Å²) in [5.41, 5.74) is 0. The smallest absolute Gasteiger partial charge is 0.235 e. The zero-order valence-corrected chi connectivity index (χ0v) is 13.9. The van der Waals surface area contributed by atoms with Gasteiger partial charge in [-0.15, -0.1) is 10.2 Å². The third kappa shape index (κ3) is 3.68. The van der Waals surface area contributed by atoms with Crippen LogP contribution in [0.2, 0.25) is 0 Å². The predicted octanol–water partition coefficient (Wildman–Crippen LogP) is 0.703. The molecule has 8 heteroatoms. The molecule has 1 fully saturated rings. The van der Waals surface area contributed by atoms with Crippen molar-refractivity contribution in [2.45, 2.75) is 30.8 Å². The molecule has 1 saturated heterocycles. The van der Waals surface area contributed by atoms with Gasteiger partial charge in [0.25, 0.3) is 0 Å². The Bertz CT molecular complexity index is 485. The summed E-state index contributed by atoms with van der Waals surface area (Å²) in [4.78, 5) is 15.8. The van der Waals surface area contributed by atoms with Crippen molar-refractivity contribution in [1.82, 2.24) is 19.7 Å². The molecule has 118 valence electrons. The number of thioether (sulfide) groups is 1. The van der Waals surface area contributed by atoms with Gasteiger partial charge in [-0.3, -0.25) is 9.36 Å². The Morgan fingerprint density at radius 1 is 1.38 bits per heavy atom. The molecule has 1 atom stereocenters. The molecule has 0 bridgehead atoms. The summed E-state index contributed by atoms with van der Waals surface area (Å²) in [6, 6.07) is 0. The van der Waals surface area contributed by atoms with Gasteiger partial charge >= 0.3 is 0 Å². The fourth-order valence-corrected chi connectivity index (χ4v) is 3.27. The van der Waals surface area contributed by atoms with Crippen molar-refractivity contribution in [2.24, 2.45) is 0 Å². The number of hydrogen-bond acceptors (Lipinski definition) is 6. The average Bonchev–Trinajstić information content (AvgIpc) is 2.89. The third-order valence-electron chi connectivity index (χ3n) is 3.38. The van der Waals surface area contributed by atoms with E-state index < -0.39 is 0 Å². The van der Waals surface area contributed by atoms with Gasteiger partial charge in [-0.1, -0.05) is 11.8 Å². The first-order valence-corrected chi connectivity index (χ1v) is 8.06. The molecule has 0 saturated carbocycles. The lowest BCUT2D eigenvalue weighted by molar-refractivity contribution is -0.127. The number of rotatable bonds is 5. The van der Waals surface area contributed by atoms with E-state index in [1.807, 2.05) is 6.92 Å². The van der Waals surface area contributed by atoms with Crippen LogP contribution in [0.1, 0.15) is 13.8 Å². The van der Waals surface area contributed by atoms with E-state index in [1.54, 1.807) is 19.0 Å². The average molecular weight is 313 g/mol. The monoisotopic (exact) mass is 313 g/mol. The van der Waals surface area contributed by atoms with Gasteiger partial charge < -0.3 is 14.5 Å². The molecule has 21 heavy (non-hydrogen) atoms. The van der Waals surface area contributed by atoms with Crippen molar-refractivity contribution in [2.75, 3.05) is 45.3 Å². The lowest BCUT2D eigenvalue weighted by atomic mass is 10.4. The Labute approximate surface area is 129 Å². The molecule has 1 aliphatic rings. The molecule has 1 amide bonds. The minimum absolute atomic E-state index is 0.0820. The van der Waals surface area contributed by atoms with Gasteiger partial charge in [-0.2, -0.15) is 0 Å². The molecule has 2 rings (SSSR count). The van der Waals surface area contributed by atoms with Crippen molar-refractivity contribution in [3.63, 3.8) is 0 Å². The van der Waals surface area contributed by atoms with Crippen LogP contribution in [-0.4, -0.2) is 71.2 Å². The van der Waals surface area contributed by atoms with Gasteiger partial charge in [-0.05, 0) is 13.8 Å². The number of morpholine rings is 1. The fraction of sp³-hybridized carbons (Fsp3) is 0.769. The van der Waals surface area contributed by atoms with Gasteiger partial charge in [0.15, 0.2) is 5.16 Å². The molecule has 0 spiro atoms. The van der Waals surface area contributed by atoms with E-state index in [1.165, 1.54) is 11.8 Å². The molecule has 7 nitrogen and oxygen atoms in total. The second kappa shape index (κ2) is 7.13. The summed E-state index contributed by atoms with van der Waals surface area (Å²) in [6.45, 7) is 7.84. The predicted molar refractivity (Wildman–Crippen MR) is 82.7 cm³/mol. The Balaban J connectivity index is 2.13. The first-order chi connectivity index (χ1) is 10.0. The maximum absolute atomic E-state index is 12.0. The van der Waals surface area contributed by atoms with Gasteiger partial charge in [-0.25, -0.2) is 0 Å². The number of amides is 1. The van der Waals surface area contributed by atoms with Crippen molar-refractivity contribution in [3.05, 3.63) is 0 Å². The summed E-state index contributed by atoms with van der Waals surface area (Å²) < 4.78 is 7.43. The zero-order chi connectivity index (χ0) is 15.4. The van der Waals surface area contributed by atoms with E-state index in [9.17, 15) is 4.79 Å². The molecule has 1 aliphatic heterocycles. The highest BCUT2D eigenvalue weighted by Gasteiger charge is 2.23. The first kappa shape index (κ1) is 16.1. The fourth-order valence-electron chi connectivity index (χ4n) is 2.21. The molecule has 0 unspecified atom stereocenters. The Morgan fingerprint density at radius 2 is 2.05 bits per heavy atom.